The summed E-state index contributed by atoms with van der Waals surface area (Å²) >= 11 is 7.35. The van der Waals surface area contributed by atoms with E-state index in [4.69, 9.17) is 21.1 Å². The molecule has 10 nitrogen and oxygen atoms in total. The number of benzene rings is 2. The normalized spacial score (nSPS) is 15.2. The first-order valence-electron chi connectivity index (χ1n) is 12.8. The fraction of sp³-hybridized carbons (Fsp3) is 0.321. The van der Waals surface area contributed by atoms with Gasteiger partial charge in [0.1, 0.15) is 11.2 Å². The second-order valence-corrected chi connectivity index (χ2v) is 12.7. The van der Waals surface area contributed by atoms with Gasteiger partial charge in [0.2, 0.25) is 15.9 Å². The zero-order valence-electron chi connectivity index (χ0n) is 22.8. The molecule has 1 aromatic heterocycles. The van der Waals surface area contributed by atoms with Gasteiger partial charge in [-0.15, -0.1) is 11.3 Å². The number of amides is 1. The van der Waals surface area contributed by atoms with Crippen molar-refractivity contribution in [1.82, 2.24) is 8.87 Å². The van der Waals surface area contributed by atoms with Crippen LogP contribution in [0.5, 0.6) is 0 Å². The number of sulfonamides is 1. The number of aryl methyl sites for hydroxylation is 2. The van der Waals surface area contributed by atoms with E-state index in [9.17, 15) is 22.8 Å². The van der Waals surface area contributed by atoms with Gasteiger partial charge in [0.15, 0.2) is 0 Å². The summed E-state index contributed by atoms with van der Waals surface area (Å²) in [5.74, 6) is -1.28. The maximum Gasteiger partial charge on any atom is 0.333 e. The van der Waals surface area contributed by atoms with Crippen LogP contribution in [0.3, 0.4) is 0 Å². The van der Waals surface area contributed by atoms with Gasteiger partial charge >= 0.3 is 5.97 Å². The van der Waals surface area contributed by atoms with E-state index in [0.29, 0.717) is 17.7 Å². The Morgan fingerprint density at radius 3 is 2.59 bits per heavy atom. The van der Waals surface area contributed by atoms with Gasteiger partial charge in [-0.3, -0.25) is 14.2 Å². The van der Waals surface area contributed by atoms with Gasteiger partial charge in [-0.2, -0.15) is 4.31 Å². The van der Waals surface area contributed by atoms with Crippen LogP contribution in [0.15, 0.2) is 46.1 Å². The number of thiazole rings is 1. The third kappa shape index (κ3) is 7.32. The number of rotatable bonds is 8. The molecule has 0 bridgehead atoms. The van der Waals surface area contributed by atoms with Crippen molar-refractivity contribution in [3.8, 4) is 0 Å². The van der Waals surface area contributed by atoms with Crippen molar-refractivity contribution < 1.29 is 27.5 Å². The lowest BCUT2D eigenvalue weighted by molar-refractivity contribution is -0.135. The Balaban J connectivity index is 1.68. The molecular weight excluding hydrogens is 590 g/mol. The van der Waals surface area contributed by atoms with E-state index in [1.807, 2.05) is 32.0 Å². The summed E-state index contributed by atoms with van der Waals surface area (Å²) in [6.45, 7) is 6.25. The average molecular weight is 620 g/mol. The molecule has 0 radical (unpaired) electrons. The first-order chi connectivity index (χ1) is 19.5. The van der Waals surface area contributed by atoms with E-state index in [2.05, 4.69) is 5.32 Å². The van der Waals surface area contributed by atoms with Crippen LogP contribution >= 0.6 is 22.9 Å². The molecule has 0 spiro atoms. The minimum atomic E-state index is -3.83. The Morgan fingerprint density at radius 1 is 1.15 bits per heavy atom. The van der Waals surface area contributed by atoms with E-state index in [1.54, 1.807) is 13.0 Å². The number of hydrogen-bond donors (Lipinski definition) is 1. The van der Waals surface area contributed by atoms with E-state index in [-0.39, 0.29) is 40.0 Å². The first kappa shape index (κ1) is 30.7. The molecule has 2 heterocycles. The van der Waals surface area contributed by atoms with E-state index in [0.717, 1.165) is 28.0 Å². The maximum absolute atomic E-state index is 13.4. The van der Waals surface area contributed by atoms with Crippen LogP contribution < -0.4 is 20.1 Å². The number of morpholine rings is 1. The van der Waals surface area contributed by atoms with Crippen LogP contribution in [0.1, 0.15) is 23.6 Å². The molecule has 13 heteroatoms. The largest absolute Gasteiger partial charge is 0.463 e. The van der Waals surface area contributed by atoms with Gasteiger partial charge in [0.25, 0.3) is 5.56 Å². The molecule has 1 aliphatic rings. The molecule has 1 saturated heterocycles. The molecule has 3 aromatic rings. The lowest BCUT2D eigenvalue weighted by atomic mass is 10.1. The topological polar surface area (TPSA) is 124 Å². The molecule has 41 heavy (non-hydrogen) atoms. The summed E-state index contributed by atoms with van der Waals surface area (Å²) < 4.78 is 39.5. The number of hydrogen-bond acceptors (Lipinski definition) is 8. The monoisotopic (exact) mass is 619 g/mol. The second kappa shape index (κ2) is 13.1. The molecule has 1 aliphatic heterocycles. The van der Waals surface area contributed by atoms with Crippen LogP contribution in [0.25, 0.3) is 12.2 Å². The molecule has 0 unspecified atom stereocenters. The fourth-order valence-electron chi connectivity index (χ4n) is 4.16. The summed E-state index contributed by atoms with van der Waals surface area (Å²) in [4.78, 5) is 38.8. The number of halogens is 1. The number of nitrogens with zero attached hydrogens (tertiary/aromatic N) is 2. The fourth-order valence-corrected chi connectivity index (χ4v) is 6.79. The van der Waals surface area contributed by atoms with Crippen molar-refractivity contribution in [2.45, 2.75) is 32.2 Å². The molecule has 218 valence electrons. The van der Waals surface area contributed by atoms with E-state index >= 15 is 0 Å². The number of ether oxygens (including phenoxy) is 2. The third-order valence-corrected chi connectivity index (χ3v) is 9.59. The van der Waals surface area contributed by atoms with Gasteiger partial charge in [-0.25, -0.2) is 13.2 Å². The minimum Gasteiger partial charge on any atom is -0.463 e. The van der Waals surface area contributed by atoms with Crippen molar-refractivity contribution in [2.75, 3.05) is 38.2 Å². The summed E-state index contributed by atoms with van der Waals surface area (Å²) in [7, 11) is -3.83. The summed E-state index contributed by atoms with van der Waals surface area (Å²) in [6, 6.07) is 9.90. The number of carbonyl (C=O) groups excluding carboxylic acids is 2. The standard InChI is InChI=1S/C28H30ClN3O7S2/c1-4-39-27(34)16-26-32(28(35)24(40-26)14-20-13-18(2)5-6-19(20)3)17-25(33)30-23-15-21(7-8-22(23)29)41(36,37)31-9-11-38-12-10-31/h5-8,13-16H,4,9-12,17H2,1-3H3,(H,30,33)/b24-14+,26-16-. The van der Waals surface area contributed by atoms with Crippen molar-refractivity contribution in [1.29, 1.82) is 0 Å². The van der Waals surface area contributed by atoms with Gasteiger partial charge in [0.05, 0.1) is 46.0 Å². The highest BCUT2D eigenvalue weighted by atomic mass is 35.5. The molecular formula is C28H30ClN3O7S2. The molecule has 0 atom stereocenters. The average Bonchev–Trinajstić information content (AvgIpc) is 3.21. The van der Waals surface area contributed by atoms with Crippen LogP contribution in [-0.4, -0.2) is 62.1 Å². The number of nitrogens with one attached hydrogen (secondary N) is 1. The highest BCUT2D eigenvalue weighted by Gasteiger charge is 2.27. The van der Waals surface area contributed by atoms with Crippen LogP contribution in [0.4, 0.5) is 5.69 Å². The predicted octanol–water partition coefficient (Wildman–Crippen LogP) is 2.01. The van der Waals surface area contributed by atoms with Crippen molar-refractivity contribution in [3.05, 3.63) is 77.7 Å². The third-order valence-electron chi connectivity index (χ3n) is 6.31. The van der Waals surface area contributed by atoms with Gasteiger partial charge in [-0.05, 0) is 56.2 Å². The maximum atomic E-state index is 13.4. The SMILES string of the molecule is CCOC(=O)/C=c1\s/c(=C/c2cc(C)ccc2C)c(=O)n1CC(=O)Nc1cc(S(=O)(=O)N2CCOCC2)ccc1Cl. The number of esters is 1. The second-order valence-electron chi connectivity index (χ2n) is 9.30. The van der Waals surface area contributed by atoms with Crippen molar-refractivity contribution in [2.24, 2.45) is 0 Å². The van der Waals surface area contributed by atoms with Gasteiger partial charge in [0, 0.05) is 13.1 Å². The molecule has 1 N–H and O–H groups in total. The molecule has 0 aliphatic carbocycles. The van der Waals surface area contributed by atoms with E-state index < -0.39 is 34.0 Å². The molecule has 2 aromatic carbocycles. The Labute approximate surface area is 246 Å². The zero-order valence-corrected chi connectivity index (χ0v) is 25.2. The van der Waals surface area contributed by atoms with Crippen molar-refractivity contribution in [3.63, 3.8) is 0 Å². The Morgan fingerprint density at radius 2 is 1.88 bits per heavy atom. The molecule has 4 rings (SSSR count). The lowest BCUT2D eigenvalue weighted by Crippen LogP contribution is -2.40. The Bertz CT molecular complexity index is 1760. The molecule has 0 saturated carbocycles. The Kier molecular flexibility index (Phi) is 9.82. The number of anilines is 1. The quantitative estimate of drug-likeness (QED) is 0.383. The molecule has 1 amide bonds. The summed E-state index contributed by atoms with van der Waals surface area (Å²) in [5, 5.41) is 2.73. The van der Waals surface area contributed by atoms with Gasteiger partial charge < -0.3 is 14.8 Å². The molecule has 1 fully saturated rings. The van der Waals surface area contributed by atoms with Crippen LogP contribution in [0, 0.1) is 13.8 Å². The number of carbonyl (C=O) groups is 2. The highest BCUT2D eigenvalue weighted by Crippen LogP contribution is 2.27. The van der Waals surface area contributed by atoms with Crippen LogP contribution in [-0.2, 0) is 35.6 Å². The minimum absolute atomic E-state index is 0.0338. The summed E-state index contributed by atoms with van der Waals surface area (Å²) in [5.41, 5.74) is 2.44. The lowest BCUT2D eigenvalue weighted by Gasteiger charge is -2.26. The first-order valence-corrected chi connectivity index (χ1v) is 15.5. The van der Waals surface area contributed by atoms with Gasteiger partial charge in [-0.1, -0.05) is 35.4 Å². The zero-order chi connectivity index (χ0) is 29.7. The highest BCUT2D eigenvalue weighted by molar-refractivity contribution is 7.89. The smallest absolute Gasteiger partial charge is 0.333 e. The van der Waals surface area contributed by atoms with Crippen molar-refractivity contribution >= 4 is 62.7 Å². The van der Waals surface area contributed by atoms with Crippen LogP contribution in [0.2, 0.25) is 5.02 Å². The Hall–Kier alpha value is -3.29. The number of aromatic nitrogens is 1. The summed E-state index contributed by atoms with van der Waals surface area (Å²) in [6.07, 6.45) is 2.90. The predicted molar refractivity (Wildman–Crippen MR) is 158 cm³/mol. The van der Waals surface area contributed by atoms with E-state index in [1.165, 1.54) is 33.1 Å².